The molecule has 1 aromatic heterocycles. The number of aryl methyl sites for hydroxylation is 1. The maximum atomic E-state index is 14.2. The van der Waals surface area contributed by atoms with Crippen LogP contribution in [-0.2, 0) is 20.9 Å². The van der Waals surface area contributed by atoms with Crippen molar-refractivity contribution in [3.8, 4) is 0 Å². The lowest BCUT2D eigenvalue weighted by molar-refractivity contribution is -0.122. The van der Waals surface area contributed by atoms with Gasteiger partial charge in [-0.2, -0.15) is 0 Å². The molecule has 2 aliphatic heterocycles. The highest BCUT2D eigenvalue weighted by Crippen LogP contribution is 2.54. The molecule has 0 bridgehead atoms. The number of benzene rings is 4. The number of aromatic nitrogens is 1. The number of anilines is 3. The number of nitrogens with one attached hydrogen (secondary N) is 1. The van der Waals surface area contributed by atoms with Crippen molar-refractivity contribution in [3.05, 3.63) is 117 Å². The second-order valence-electron chi connectivity index (χ2n) is 11.9. The lowest BCUT2D eigenvalue weighted by Gasteiger charge is -2.31. The van der Waals surface area contributed by atoms with Gasteiger partial charge in [0.25, 0.3) is 0 Å². The summed E-state index contributed by atoms with van der Waals surface area (Å²) in [6.07, 6.45) is 0. The molecule has 0 radical (unpaired) electrons. The predicted molar refractivity (Wildman–Crippen MR) is 190 cm³/mol. The van der Waals surface area contributed by atoms with Crippen LogP contribution in [-0.4, -0.2) is 40.6 Å². The second-order valence-corrected chi connectivity index (χ2v) is 14.0. The number of thiazole rings is 1. The molecule has 1 saturated heterocycles. The van der Waals surface area contributed by atoms with Gasteiger partial charge in [0.05, 0.1) is 16.6 Å². The molecule has 238 valence electrons. The quantitative estimate of drug-likeness (QED) is 0.187. The Morgan fingerprint density at radius 1 is 0.851 bits per heavy atom. The van der Waals surface area contributed by atoms with Gasteiger partial charge in [0, 0.05) is 40.6 Å². The summed E-state index contributed by atoms with van der Waals surface area (Å²) in [5.74, 6) is -2.15. The summed E-state index contributed by atoms with van der Waals surface area (Å²) < 4.78 is 1.46. The number of rotatable bonds is 8. The van der Waals surface area contributed by atoms with E-state index in [1.165, 1.54) is 21.2 Å². The second kappa shape index (κ2) is 12.5. The van der Waals surface area contributed by atoms with Crippen molar-refractivity contribution in [2.75, 3.05) is 28.2 Å². The summed E-state index contributed by atoms with van der Waals surface area (Å²) in [6, 6.07) is 28.9. The molecule has 1 fully saturated rings. The monoisotopic (exact) mass is 662 g/mol. The third-order valence-corrected chi connectivity index (χ3v) is 11.7. The summed E-state index contributed by atoms with van der Waals surface area (Å²) >= 11 is 2.28. The molecule has 3 atom stereocenters. The maximum Gasteiger partial charge on any atom is 0.308 e. The van der Waals surface area contributed by atoms with E-state index in [9.17, 15) is 19.2 Å². The van der Waals surface area contributed by atoms with Crippen LogP contribution in [0, 0.1) is 12.8 Å². The Bertz CT molecular complexity index is 2060. The number of fused-ring (bicyclic) bond motifs is 3. The average Bonchev–Trinajstić information content (AvgIpc) is 3.52. The van der Waals surface area contributed by atoms with Crippen molar-refractivity contribution in [2.24, 2.45) is 5.92 Å². The highest BCUT2D eigenvalue weighted by molar-refractivity contribution is 8.00. The van der Waals surface area contributed by atoms with E-state index in [4.69, 9.17) is 0 Å². The van der Waals surface area contributed by atoms with Gasteiger partial charge in [-0.3, -0.25) is 23.7 Å². The van der Waals surface area contributed by atoms with Gasteiger partial charge < -0.3 is 10.2 Å². The van der Waals surface area contributed by atoms with E-state index >= 15 is 0 Å². The number of imide groups is 1. The normalized spacial score (nSPS) is 18.7. The SMILES string of the molecule is CCN(CC)c1ccc([C@H]2c3sc(=O)n(CC(=O)Nc4cccc5ccccc45)c3SC3C(=O)N(c4ccc(C)cc4)C(=O)C32)cc1. The van der Waals surface area contributed by atoms with E-state index in [1.807, 2.05) is 85.8 Å². The zero-order chi connectivity index (χ0) is 32.8. The summed E-state index contributed by atoms with van der Waals surface area (Å²) in [5, 5.41) is 4.71. The third kappa shape index (κ3) is 5.45. The van der Waals surface area contributed by atoms with Crippen LogP contribution in [0.1, 0.15) is 35.8 Å². The largest absolute Gasteiger partial charge is 0.372 e. The maximum absolute atomic E-state index is 14.2. The van der Waals surface area contributed by atoms with E-state index < -0.39 is 17.1 Å². The van der Waals surface area contributed by atoms with Crippen LogP contribution in [0.3, 0.4) is 0 Å². The molecule has 2 aliphatic rings. The molecule has 8 nitrogen and oxygen atoms in total. The number of nitrogens with zero attached hydrogens (tertiary/aromatic N) is 3. The van der Waals surface area contributed by atoms with Crippen molar-refractivity contribution >= 4 is 68.7 Å². The number of thioether (sulfide) groups is 1. The van der Waals surface area contributed by atoms with Gasteiger partial charge in [0.15, 0.2) is 0 Å². The molecular formula is C37H34N4O4S2. The van der Waals surface area contributed by atoms with Gasteiger partial charge in [-0.15, -0.1) is 0 Å². The first-order chi connectivity index (χ1) is 22.8. The molecule has 1 N–H and O–H groups in total. The first-order valence-electron chi connectivity index (χ1n) is 15.8. The minimum atomic E-state index is -0.745. The number of hydrogen-bond acceptors (Lipinski definition) is 7. The fourth-order valence-electron chi connectivity index (χ4n) is 6.71. The Morgan fingerprint density at radius 2 is 1.55 bits per heavy atom. The minimum absolute atomic E-state index is 0.213. The molecule has 10 heteroatoms. The van der Waals surface area contributed by atoms with Crippen molar-refractivity contribution in [1.29, 1.82) is 0 Å². The first-order valence-corrected chi connectivity index (χ1v) is 17.5. The predicted octanol–water partition coefficient (Wildman–Crippen LogP) is 6.65. The van der Waals surface area contributed by atoms with Gasteiger partial charge in [-0.05, 0) is 62.1 Å². The van der Waals surface area contributed by atoms with E-state index in [-0.39, 0.29) is 29.1 Å². The molecule has 2 unspecified atom stereocenters. The Morgan fingerprint density at radius 3 is 2.28 bits per heavy atom. The zero-order valence-electron chi connectivity index (χ0n) is 26.3. The fraction of sp³-hybridized carbons (Fsp3) is 0.243. The van der Waals surface area contributed by atoms with Crippen molar-refractivity contribution in [2.45, 2.75) is 43.5 Å². The Labute approximate surface area is 281 Å². The lowest BCUT2D eigenvalue weighted by Crippen LogP contribution is -2.33. The highest BCUT2D eigenvalue weighted by Gasteiger charge is 2.56. The standard InChI is InChI=1S/C37H34N4O4S2/c1-4-39(5-2)25-19-15-24(16-20-25)30-31-32(35(44)41(34(31)43)26-17-13-22(3)14-18-26)46-36-33(30)47-37(45)40(36)21-29(42)38-28-12-8-10-23-9-6-7-11-27(23)28/h6-20,30-32H,4-5,21H2,1-3H3,(H,38,42)/t30-,31?,32?/m1/s1. The Balaban J connectivity index is 1.28. The van der Waals surface area contributed by atoms with Crippen molar-refractivity contribution < 1.29 is 14.4 Å². The molecule has 0 saturated carbocycles. The molecule has 3 heterocycles. The van der Waals surface area contributed by atoms with Crippen LogP contribution in [0.5, 0.6) is 0 Å². The van der Waals surface area contributed by atoms with E-state index in [2.05, 4.69) is 24.1 Å². The van der Waals surface area contributed by atoms with Crippen LogP contribution in [0.2, 0.25) is 0 Å². The summed E-state index contributed by atoms with van der Waals surface area (Å²) in [4.78, 5) is 59.3. The van der Waals surface area contributed by atoms with Gasteiger partial charge in [-0.25, -0.2) is 4.90 Å². The molecule has 5 aromatic rings. The van der Waals surface area contributed by atoms with Crippen molar-refractivity contribution in [3.63, 3.8) is 0 Å². The number of carbonyl (C=O) groups excluding carboxylic acids is 3. The minimum Gasteiger partial charge on any atom is -0.372 e. The topological polar surface area (TPSA) is 91.7 Å². The smallest absolute Gasteiger partial charge is 0.308 e. The Hall–Kier alpha value is -4.67. The summed E-state index contributed by atoms with van der Waals surface area (Å²) in [6.45, 7) is 7.66. The van der Waals surface area contributed by atoms with Gasteiger partial charge in [0.1, 0.15) is 11.8 Å². The molecule has 7 rings (SSSR count). The zero-order valence-corrected chi connectivity index (χ0v) is 27.9. The molecule has 47 heavy (non-hydrogen) atoms. The molecule has 3 amide bonds. The van der Waals surface area contributed by atoms with E-state index in [1.54, 1.807) is 12.1 Å². The molecule has 4 aromatic carbocycles. The van der Waals surface area contributed by atoms with Crippen LogP contribution in [0.25, 0.3) is 10.8 Å². The lowest BCUT2D eigenvalue weighted by atomic mass is 9.83. The summed E-state index contributed by atoms with van der Waals surface area (Å²) in [7, 11) is 0. The van der Waals surface area contributed by atoms with Crippen LogP contribution in [0.15, 0.2) is 101 Å². The number of hydrogen-bond donors (Lipinski definition) is 1. The van der Waals surface area contributed by atoms with Crippen LogP contribution in [0.4, 0.5) is 17.1 Å². The number of amides is 3. The van der Waals surface area contributed by atoms with E-state index in [0.717, 1.165) is 52.0 Å². The third-order valence-electron chi connectivity index (χ3n) is 9.09. The van der Waals surface area contributed by atoms with Gasteiger partial charge in [0.2, 0.25) is 17.7 Å². The van der Waals surface area contributed by atoms with Gasteiger partial charge >= 0.3 is 4.87 Å². The average molecular weight is 663 g/mol. The van der Waals surface area contributed by atoms with Crippen LogP contribution >= 0.6 is 23.1 Å². The molecule has 0 aliphatic carbocycles. The summed E-state index contributed by atoms with van der Waals surface area (Å²) in [5.41, 5.74) is 4.14. The Kier molecular flexibility index (Phi) is 8.23. The first kappa shape index (κ1) is 31.0. The van der Waals surface area contributed by atoms with Crippen molar-refractivity contribution in [1.82, 2.24) is 4.57 Å². The number of carbonyl (C=O) groups is 3. The molecule has 0 spiro atoms. The molecular weight excluding hydrogens is 629 g/mol. The fourth-order valence-corrected chi connectivity index (χ4v) is 9.48. The van der Waals surface area contributed by atoms with Crippen LogP contribution < -0.4 is 20.0 Å². The van der Waals surface area contributed by atoms with E-state index in [0.29, 0.717) is 21.3 Å². The highest BCUT2D eigenvalue weighted by atomic mass is 32.2. The van der Waals surface area contributed by atoms with Gasteiger partial charge in [-0.1, -0.05) is 89.3 Å².